The van der Waals surface area contributed by atoms with Crippen LogP contribution in [-0.4, -0.2) is 35.7 Å². The molecule has 5 heteroatoms. The quantitative estimate of drug-likeness (QED) is 0.0948. The van der Waals surface area contributed by atoms with E-state index >= 15 is 0 Å². The number of esters is 2. The monoisotopic (exact) mass is 514 g/mol. The molecule has 0 saturated carbocycles. The van der Waals surface area contributed by atoms with E-state index in [9.17, 15) is 9.59 Å². The van der Waals surface area contributed by atoms with Crippen LogP contribution in [0, 0.1) is 0 Å². The zero-order valence-corrected chi connectivity index (χ0v) is 24.8. The van der Waals surface area contributed by atoms with Crippen LogP contribution < -0.4 is 0 Å². The lowest BCUT2D eigenvalue weighted by atomic mass is 10.0. The molecular weight excluding hydrogens is 456 g/mol. The Kier molecular flexibility index (Phi) is 23.2. The first-order valence-electron chi connectivity index (χ1n) is 14.7. The summed E-state index contributed by atoms with van der Waals surface area (Å²) >= 11 is 1.79. The summed E-state index contributed by atoms with van der Waals surface area (Å²) in [5.74, 6) is 0.876. The van der Waals surface area contributed by atoms with Crippen molar-refractivity contribution in [3.05, 3.63) is 0 Å². The molecule has 0 aromatic carbocycles. The van der Waals surface area contributed by atoms with Gasteiger partial charge in [-0.15, -0.1) is 11.8 Å². The summed E-state index contributed by atoms with van der Waals surface area (Å²) in [4.78, 5) is 23.9. The van der Waals surface area contributed by atoms with Gasteiger partial charge in [0.05, 0.1) is 7.11 Å². The van der Waals surface area contributed by atoms with Crippen LogP contribution in [0.2, 0.25) is 0 Å². The third-order valence-corrected chi connectivity index (χ3v) is 7.67. The molecule has 1 unspecified atom stereocenters. The third kappa shape index (κ3) is 24.7. The minimum absolute atomic E-state index is 0.0302. The van der Waals surface area contributed by atoms with E-state index in [0.717, 1.165) is 44.3 Å². The fraction of sp³-hybridized carbons (Fsp3) is 0.933. The van der Waals surface area contributed by atoms with Gasteiger partial charge in [0.2, 0.25) is 0 Å². The van der Waals surface area contributed by atoms with E-state index in [0.29, 0.717) is 6.42 Å². The highest BCUT2D eigenvalue weighted by Crippen LogP contribution is 2.24. The molecule has 0 aliphatic rings. The van der Waals surface area contributed by atoms with Gasteiger partial charge in [0.1, 0.15) is 10.9 Å². The van der Waals surface area contributed by atoms with Crippen LogP contribution in [0.4, 0.5) is 0 Å². The maximum Gasteiger partial charge on any atom is 0.319 e. The van der Waals surface area contributed by atoms with Gasteiger partial charge in [0.15, 0.2) is 0 Å². The second-order valence-corrected chi connectivity index (χ2v) is 12.3. The van der Waals surface area contributed by atoms with E-state index < -0.39 is 5.60 Å². The van der Waals surface area contributed by atoms with Crippen molar-refractivity contribution in [1.82, 2.24) is 0 Å². The van der Waals surface area contributed by atoms with Crippen molar-refractivity contribution < 1.29 is 19.1 Å². The van der Waals surface area contributed by atoms with Crippen LogP contribution >= 0.6 is 11.8 Å². The number of methoxy groups -OCH3 is 1. The second kappa shape index (κ2) is 23.7. The molecule has 0 bridgehead atoms. The van der Waals surface area contributed by atoms with Gasteiger partial charge in [-0.05, 0) is 45.8 Å². The average Bonchev–Trinajstić information content (AvgIpc) is 2.80. The molecule has 4 nitrogen and oxygen atoms in total. The van der Waals surface area contributed by atoms with Crippen LogP contribution in [0.1, 0.15) is 156 Å². The highest BCUT2D eigenvalue weighted by molar-refractivity contribution is 8.00. The molecule has 0 saturated heterocycles. The van der Waals surface area contributed by atoms with E-state index in [4.69, 9.17) is 4.74 Å². The number of rotatable bonds is 24. The van der Waals surface area contributed by atoms with E-state index in [-0.39, 0.29) is 17.2 Å². The second-order valence-electron chi connectivity index (χ2n) is 11.0. The fourth-order valence-electron chi connectivity index (χ4n) is 4.21. The van der Waals surface area contributed by atoms with Crippen LogP contribution in [-0.2, 0) is 19.1 Å². The predicted octanol–water partition coefficient (Wildman–Crippen LogP) is 9.42. The highest BCUT2D eigenvalue weighted by Gasteiger charge is 2.25. The molecule has 1 atom stereocenters. The fourth-order valence-corrected chi connectivity index (χ4v) is 5.39. The summed E-state index contributed by atoms with van der Waals surface area (Å²) in [5.41, 5.74) is -0.420. The van der Waals surface area contributed by atoms with Gasteiger partial charge in [0, 0.05) is 6.42 Å². The molecule has 0 aromatic heterocycles. The summed E-state index contributed by atoms with van der Waals surface area (Å²) in [7, 11) is 1.45. The normalized spacial score (nSPS) is 12.5. The van der Waals surface area contributed by atoms with Crippen LogP contribution in [0.25, 0.3) is 0 Å². The topological polar surface area (TPSA) is 52.6 Å². The third-order valence-electron chi connectivity index (χ3n) is 6.31. The summed E-state index contributed by atoms with van der Waals surface area (Å²) in [6.45, 7) is 8.14. The van der Waals surface area contributed by atoms with Crippen molar-refractivity contribution in [3.8, 4) is 0 Å². The molecular formula is C30H58O4S. The highest BCUT2D eigenvalue weighted by atomic mass is 32.2. The molecule has 0 amide bonds. The van der Waals surface area contributed by atoms with Crippen LogP contribution in [0.3, 0.4) is 0 Å². The van der Waals surface area contributed by atoms with E-state index in [1.165, 1.54) is 90.6 Å². The van der Waals surface area contributed by atoms with Crippen LogP contribution in [0.5, 0.6) is 0 Å². The maximum absolute atomic E-state index is 12.7. The molecule has 0 N–H and O–H groups in total. The lowest BCUT2D eigenvalue weighted by Gasteiger charge is -2.24. The number of thioether (sulfide) groups is 1. The lowest BCUT2D eigenvalue weighted by Crippen LogP contribution is -2.30. The van der Waals surface area contributed by atoms with Crippen molar-refractivity contribution in [1.29, 1.82) is 0 Å². The standard InChI is InChI=1S/C30H58O4S/c1-6-7-8-9-10-11-12-13-14-15-18-21-24-27(29(32)34-30(2,3)4)35-26-23-20-17-16-19-22-25-28(31)33-5/h27H,6-26H2,1-5H3. The summed E-state index contributed by atoms with van der Waals surface area (Å²) in [6.07, 6.45) is 24.2. The summed E-state index contributed by atoms with van der Waals surface area (Å²) in [6, 6.07) is 0. The van der Waals surface area contributed by atoms with E-state index in [1.807, 2.05) is 20.8 Å². The van der Waals surface area contributed by atoms with Gasteiger partial charge in [-0.2, -0.15) is 0 Å². The first-order valence-corrected chi connectivity index (χ1v) is 15.8. The molecule has 0 fully saturated rings. The number of carbonyl (C=O) groups is 2. The number of hydrogen-bond donors (Lipinski definition) is 0. The van der Waals surface area contributed by atoms with E-state index in [1.54, 1.807) is 11.8 Å². The van der Waals surface area contributed by atoms with Crippen LogP contribution in [0.15, 0.2) is 0 Å². The van der Waals surface area contributed by atoms with Gasteiger partial charge in [-0.3, -0.25) is 9.59 Å². The Morgan fingerprint density at radius 3 is 1.63 bits per heavy atom. The molecule has 0 rings (SSSR count). The largest absolute Gasteiger partial charge is 0.469 e. The first kappa shape index (κ1) is 34.3. The number of carbonyl (C=O) groups excluding carboxylic acids is 2. The molecule has 0 aliphatic heterocycles. The lowest BCUT2D eigenvalue weighted by molar-refractivity contribution is -0.154. The Bertz CT molecular complexity index is 501. The molecule has 0 radical (unpaired) electrons. The molecule has 0 spiro atoms. The number of ether oxygens (including phenoxy) is 2. The minimum Gasteiger partial charge on any atom is -0.469 e. The van der Waals surface area contributed by atoms with Crippen molar-refractivity contribution in [3.63, 3.8) is 0 Å². The number of hydrogen-bond acceptors (Lipinski definition) is 5. The Hall–Kier alpha value is -0.710. The maximum atomic E-state index is 12.7. The molecule has 0 heterocycles. The average molecular weight is 515 g/mol. The zero-order chi connectivity index (χ0) is 26.2. The van der Waals surface area contributed by atoms with Crippen molar-refractivity contribution >= 4 is 23.7 Å². The molecule has 0 aromatic rings. The summed E-state index contributed by atoms with van der Waals surface area (Å²) < 4.78 is 10.4. The van der Waals surface area contributed by atoms with E-state index in [2.05, 4.69) is 11.7 Å². The Morgan fingerprint density at radius 2 is 1.14 bits per heavy atom. The Balaban J connectivity index is 3.95. The molecule has 0 aliphatic carbocycles. The smallest absolute Gasteiger partial charge is 0.319 e. The molecule has 35 heavy (non-hydrogen) atoms. The van der Waals surface area contributed by atoms with Gasteiger partial charge in [-0.1, -0.05) is 110 Å². The Morgan fingerprint density at radius 1 is 0.686 bits per heavy atom. The van der Waals surface area contributed by atoms with Crippen molar-refractivity contribution in [2.24, 2.45) is 0 Å². The van der Waals surface area contributed by atoms with Gasteiger partial charge in [-0.25, -0.2) is 0 Å². The first-order chi connectivity index (χ1) is 16.8. The van der Waals surface area contributed by atoms with Gasteiger partial charge in [0.25, 0.3) is 0 Å². The van der Waals surface area contributed by atoms with Gasteiger partial charge >= 0.3 is 11.9 Å². The number of unbranched alkanes of at least 4 members (excludes halogenated alkanes) is 16. The van der Waals surface area contributed by atoms with Gasteiger partial charge < -0.3 is 9.47 Å². The molecule has 208 valence electrons. The van der Waals surface area contributed by atoms with Crippen molar-refractivity contribution in [2.45, 2.75) is 167 Å². The summed E-state index contributed by atoms with van der Waals surface area (Å²) in [5, 5.41) is -0.0302. The minimum atomic E-state index is -0.420. The Labute approximate surface area is 222 Å². The van der Waals surface area contributed by atoms with Crippen molar-refractivity contribution in [2.75, 3.05) is 12.9 Å². The zero-order valence-electron chi connectivity index (χ0n) is 24.0. The predicted molar refractivity (Wildman–Crippen MR) is 152 cm³/mol. The SMILES string of the molecule is CCCCCCCCCCCCCCC(SCCCCCCCCC(=O)OC)C(=O)OC(C)(C)C.